The molecule has 0 aliphatic heterocycles. The average molecular weight is 780 g/mol. The highest BCUT2D eigenvalue weighted by Gasteiger charge is 2.69. The maximum absolute atomic E-state index is 14.2. The Morgan fingerprint density at radius 2 is 1.02 bits per heavy atom. The molecule has 1 aliphatic rings. The summed E-state index contributed by atoms with van der Waals surface area (Å²) in [6.45, 7) is 21.3. The third kappa shape index (κ3) is 9.88. The van der Waals surface area contributed by atoms with Crippen molar-refractivity contribution in [1.29, 1.82) is 0 Å². The SMILES string of the molecule is CCOC(=O)C(C1(Sc2ccc(C(C)(C)C)cc2)C(Sc2ccc(C(C)(C)C)cc2)=C1Sc1ccc(C(C)(C)C)cc1)S(C)(C)O[Cl+3]([O-])([O-])[O-]. The second-order valence-corrected chi connectivity index (χ2v) is 23.7. The Labute approximate surface area is 315 Å². The van der Waals surface area contributed by atoms with Crippen LogP contribution in [-0.4, -0.2) is 35.1 Å². The van der Waals surface area contributed by atoms with Crippen molar-refractivity contribution in [2.45, 2.75) is 110 Å². The molecule has 1 atom stereocenters. The second-order valence-electron chi connectivity index (χ2n) is 15.9. The Morgan fingerprint density at radius 1 is 0.680 bits per heavy atom. The van der Waals surface area contributed by atoms with Gasteiger partial charge in [-0.2, -0.15) is 14.0 Å². The van der Waals surface area contributed by atoms with Crippen molar-refractivity contribution in [3.05, 3.63) is 99.3 Å². The molecule has 0 aromatic heterocycles. The van der Waals surface area contributed by atoms with Crippen molar-refractivity contribution >= 4 is 51.6 Å². The third-order valence-electron chi connectivity index (χ3n) is 8.38. The number of hydrogen-bond acceptors (Lipinski definition) is 9. The molecule has 6 nitrogen and oxygen atoms in total. The van der Waals surface area contributed by atoms with Crippen LogP contribution in [0.25, 0.3) is 0 Å². The van der Waals surface area contributed by atoms with Crippen LogP contribution in [-0.2, 0) is 29.5 Å². The molecule has 3 aromatic rings. The van der Waals surface area contributed by atoms with Crippen LogP contribution < -0.4 is 14.0 Å². The van der Waals surface area contributed by atoms with Crippen molar-refractivity contribution in [2.24, 2.45) is 0 Å². The van der Waals surface area contributed by atoms with E-state index in [4.69, 9.17) is 8.47 Å². The van der Waals surface area contributed by atoms with Crippen LogP contribution in [0.2, 0.25) is 0 Å². The first-order chi connectivity index (χ1) is 22.9. The molecule has 0 radical (unpaired) electrons. The van der Waals surface area contributed by atoms with E-state index in [9.17, 15) is 18.8 Å². The highest BCUT2D eigenvalue weighted by Crippen LogP contribution is 2.75. The highest BCUT2D eigenvalue weighted by atomic mass is 35.7. The quantitative estimate of drug-likeness (QED) is 0.169. The Morgan fingerprint density at radius 3 is 1.32 bits per heavy atom. The number of halogens is 1. The number of carbonyl (C=O) groups excluding carboxylic acids is 1. The lowest BCUT2D eigenvalue weighted by molar-refractivity contribution is -1.91. The summed E-state index contributed by atoms with van der Waals surface area (Å²) in [6, 6.07) is 25.1. The van der Waals surface area contributed by atoms with Gasteiger partial charge in [-0.15, -0.1) is 11.8 Å². The minimum absolute atomic E-state index is 0.0239. The molecule has 0 bridgehead atoms. The zero-order valence-corrected chi connectivity index (χ0v) is 35.2. The summed E-state index contributed by atoms with van der Waals surface area (Å²) < 4.78 is 46.4. The molecular formula is C39H51ClO6S4. The number of hydrogen-bond donors (Lipinski definition) is 0. The molecule has 0 amide bonds. The molecule has 0 N–H and O–H groups in total. The number of benzene rings is 3. The Hall–Kier alpha value is -1.60. The van der Waals surface area contributed by atoms with E-state index in [0.717, 1.165) is 30.1 Å². The Kier molecular flexibility index (Phi) is 12.4. The van der Waals surface area contributed by atoms with Crippen molar-refractivity contribution in [3.63, 3.8) is 0 Å². The summed E-state index contributed by atoms with van der Waals surface area (Å²) in [5.41, 5.74) is 3.45. The van der Waals surface area contributed by atoms with Gasteiger partial charge in [0.25, 0.3) is 0 Å². The fourth-order valence-corrected chi connectivity index (χ4v) is 14.3. The molecule has 0 heterocycles. The molecule has 1 unspecified atom stereocenters. The highest BCUT2D eigenvalue weighted by molar-refractivity contribution is 8.30. The van der Waals surface area contributed by atoms with E-state index >= 15 is 0 Å². The summed E-state index contributed by atoms with van der Waals surface area (Å²) in [7, 11) is -7.76. The van der Waals surface area contributed by atoms with Gasteiger partial charge >= 0.3 is 5.97 Å². The molecule has 1 aliphatic carbocycles. The molecule has 0 fully saturated rings. The van der Waals surface area contributed by atoms with Crippen LogP contribution >= 0.6 is 45.6 Å². The molecule has 0 saturated heterocycles. The summed E-state index contributed by atoms with van der Waals surface area (Å²) >= 11 is 4.59. The van der Waals surface area contributed by atoms with Gasteiger partial charge in [0.05, 0.1) is 16.9 Å². The summed E-state index contributed by atoms with van der Waals surface area (Å²) in [4.78, 5) is 18.9. The van der Waals surface area contributed by atoms with E-state index in [1.54, 1.807) is 43.0 Å². The van der Waals surface area contributed by atoms with Gasteiger partial charge in [0.15, 0.2) is 0 Å². The maximum atomic E-state index is 14.2. The van der Waals surface area contributed by atoms with Gasteiger partial charge in [0, 0.05) is 47.3 Å². The molecule has 11 heteroatoms. The van der Waals surface area contributed by atoms with Gasteiger partial charge in [-0.1, -0.05) is 122 Å². The van der Waals surface area contributed by atoms with E-state index in [-0.39, 0.29) is 22.9 Å². The molecule has 274 valence electrons. The normalized spacial score (nSPS) is 16.3. The topological polar surface area (TPSA) is 105 Å². The van der Waals surface area contributed by atoms with Gasteiger partial charge in [-0.25, -0.2) is 0 Å². The molecule has 3 aromatic carbocycles. The molecule has 0 spiro atoms. The monoisotopic (exact) mass is 778 g/mol. The van der Waals surface area contributed by atoms with Crippen LogP contribution in [0.4, 0.5) is 0 Å². The number of rotatable bonds is 12. The predicted octanol–water partition coefficient (Wildman–Crippen LogP) is 8.04. The fourth-order valence-electron chi connectivity index (χ4n) is 5.60. The zero-order chi connectivity index (χ0) is 37.5. The van der Waals surface area contributed by atoms with E-state index < -0.39 is 36.5 Å². The van der Waals surface area contributed by atoms with Gasteiger partial charge in [0.2, 0.25) is 0 Å². The minimum atomic E-state index is -4.83. The number of carbonyl (C=O) groups is 1. The average Bonchev–Trinajstić information content (AvgIpc) is 3.53. The van der Waals surface area contributed by atoms with E-state index in [1.165, 1.54) is 22.9 Å². The lowest BCUT2D eigenvalue weighted by atomic mass is 9.87. The van der Waals surface area contributed by atoms with Crippen LogP contribution in [0.3, 0.4) is 0 Å². The van der Waals surface area contributed by atoms with E-state index in [1.807, 2.05) is 12.1 Å². The first-order valence-electron chi connectivity index (χ1n) is 16.5. The number of ether oxygens (including phenoxy) is 1. The van der Waals surface area contributed by atoms with Gasteiger partial charge in [0.1, 0.15) is 13.7 Å². The lowest BCUT2D eigenvalue weighted by Gasteiger charge is -2.38. The van der Waals surface area contributed by atoms with Crippen molar-refractivity contribution in [2.75, 3.05) is 19.1 Å². The lowest BCUT2D eigenvalue weighted by Crippen LogP contribution is -2.62. The first-order valence-corrected chi connectivity index (χ1v) is 22.6. The smallest absolute Gasteiger partial charge is 0.322 e. The third-order valence-corrected chi connectivity index (χ3v) is 16.5. The van der Waals surface area contributed by atoms with Crippen molar-refractivity contribution < 1.29 is 37.5 Å². The van der Waals surface area contributed by atoms with Crippen LogP contribution in [0, 0.1) is 10.2 Å². The molecule has 50 heavy (non-hydrogen) atoms. The Balaban J connectivity index is 1.93. The summed E-state index contributed by atoms with van der Waals surface area (Å²) in [5.74, 6) is -0.606. The molecular weight excluding hydrogens is 728 g/mol. The van der Waals surface area contributed by atoms with Crippen LogP contribution in [0.1, 0.15) is 85.9 Å². The first kappa shape index (κ1) is 41.2. The van der Waals surface area contributed by atoms with Crippen LogP contribution in [0.5, 0.6) is 0 Å². The van der Waals surface area contributed by atoms with Gasteiger partial charge in [-0.05, 0) is 76.3 Å². The number of thioether (sulfide) groups is 3. The Bertz CT molecular complexity index is 1610. The van der Waals surface area contributed by atoms with Crippen LogP contribution in [0.15, 0.2) is 97.3 Å². The second kappa shape index (κ2) is 15.0. The molecule has 0 saturated carbocycles. The number of esters is 1. The van der Waals surface area contributed by atoms with Gasteiger partial charge in [-0.3, -0.25) is 4.79 Å². The fraction of sp³-hybridized carbons (Fsp3) is 0.462. The van der Waals surface area contributed by atoms with Crippen molar-refractivity contribution in [3.8, 4) is 0 Å². The van der Waals surface area contributed by atoms with Crippen molar-refractivity contribution in [1.82, 2.24) is 0 Å². The van der Waals surface area contributed by atoms with Gasteiger partial charge < -0.3 is 4.74 Å². The van der Waals surface area contributed by atoms with E-state index in [0.29, 0.717) is 0 Å². The summed E-state index contributed by atoms with van der Waals surface area (Å²) in [6.07, 6.45) is 3.11. The predicted molar refractivity (Wildman–Crippen MR) is 204 cm³/mol. The minimum Gasteiger partial charge on any atom is -0.465 e. The maximum Gasteiger partial charge on any atom is 0.322 e. The standard InChI is InChI=1S/C39H51ClO6S4/c1-13-45-35(41)34(50(11,12)46-40(42,43)44)39(49-31-24-18-28(19-25-31)38(8,9)10)32(47-29-20-14-26(15-21-29)36(2,3)4)33(39)48-30-22-16-27(17-23-30)37(5,6)7/h14-25,34H,13H2,1-12H3. The summed E-state index contributed by atoms with van der Waals surface area (Å²) in [5, 5.41) is -1.12. The largest absolute Gasteiger partial charge is 0.465 e. The zero-order valence-electron chi connectivity index (χ0n) is 31.2. The van der Waals surface area contributed by atoms with E-state index in [2.05, 4.69) is 123 Å². The molecule has 4 rings (SSSR count).